The van der Waals surface area contributed by atoms with E-state index in [1.807, 2.05) is 42.5 Å². The Morgan fingerprint density at radius 3 is 2.26 bits per heavy atom. The molecule has 0 unspecified atom stereocenters. The molecule has 27 heavy (non-hydrogen) atoms. The molecule has 1 aliphatic rings. The molecule has 1 saturated carbocycles. The number of hydrogen-bond acceptors (Lipinski definition) is 2. The molecule has 1 fully saturated rings. The van der Waals surface area contributed by atoms with Gasteiger partial charge in [-0.1, -0.05) is 55.7 Å². The van der Waals surface area contributed by atoms with E-state index in [9.17, 15) is 9.59 Å². The van der Waals surface area contributed by atoms with Crippen LogP contribution >= 0.6 is 0 Å². The van der Waals surface area contributed by atoms with Crippen molar-refractivity contribution < 1.29 is 9.59 Å². The number of carbonyl (C=O) groups is 2. The van der Waals surface area contributed by atoms with E-state index in [0.717, 1.165) is 36.9 Å². The van der Waals surface area contributed by atoms with Crippen molar-refractivity contribution in [3.8, 4) is 0 Å². The van der Waals surface area contributed by atoms with Crippen molar-refractivity contribution in [3.63, 3.8) is 0 Å². The van der Waals surface area contributed by atoms with E-state index in [1.165, 1.54) is 6.42 Å². The quantitative estimate of drug-likeness (QED) is 0.746. The van der Waals surface area contributed by atoms with Gasteiger partial charge in [-0.2, -0.15) is 0 Å². The van der Waals surface area contributed by atoms with Gasteiger partial charge in [0.15, 0.2) is 0 Å². The van der Waals surface area contributed by atoms with E-state index >= 15 is 0 Å². The monoisotopic (exact) mass is 362 g/mol. The molecule has 2 aromatic rings. The maximum absolute atomic E-state index is 12.9. The molecule has 1 aliphatic carbocycles. The van der Waals surface area contributed by atoms with Gasteiger partial charge in [0.2, 0.25) is 5.91 Å². The van der Waals surface area contributed by atoms with Gasteiger partial charge in [-0.25, -0.2) is 0 Å². The molecule has 0 aromatic heterocycles. The van der Waals surface area contributed by atoms with Crippen LogP contribution in [-0.2, 0) is 10.2 Å². The minimum atomic E-state index is -0.483. The van der Waals surface area contributed by atoms with Crippen LogP contribution in [0.4, 0.5) is 5.69 Å². The van der Waals surface area contributed by atoms with Crippen LogP contribution in [0.15, 0.2) is 67.3 Å². The average Bonchev–Trinajstić information content (AvgIpc) is 2.73. The lowest BCUT2D eigenvalue weighted by atomic mass is 9.68. The van der Waals surface area contributed by atoms with Gasteiger partial charge < -0.3 is 10.6 Å². The molecule has 0 aliphatic heterocycles. The van der Waals surface area contributed by atoms with Crippen molar-refractivity contribution in [3.05, 3.63) is 78.4 Å². The predicted octanol–water partition coefficient (Wildman–Crippen LogP) is 4.44. The van der Waals surface area contributed by atoms with Crippen molar-refractivity contribution >= 4 is 17.5 Å². The molecule has 4 nitrogen and oxygen atoms in total. The van der Waals surface area contributed by atoms with Crippen molar-refractivity contribution in [2.24, 2.45) is 0 Å². The highest BCUT2D eigenvalue weighted by molar-refractivity contribution is 6.04. The van der Waals surface area contributed by atoms with Crippen LogP contribution in [0.3, 0.4) is 0 Å². The Morgan fingerprint density at radius 2 is 1.63 bits per heavy atom. The minimum absolute atomic E-state index is 0.0724. The van der Waals surface area contributed by atoms with Gasteiger partial charge >= 0.3 is 0 Å². The summed E-state index contributed by atoms with van der Waals surface area (Å²) in [5.74, 6) is -0.0670. The largest absolute Gasteiger partial charge is 0.352 e. The number of nitrogens with one attached hydrogen (secondary N) is 2. The molecule has 140 valence electrons. The number of amides is 2. The normalized spacial score (nSPS) is 15.6. The molecular weight excluding hydrogens is 336 g/mol. The first-order valence-corrected chi connectivity index (χ1v) is 9.52. The molecule has 0 saturated heterocycles. The van der Waals surface area contributed by atoms with Gasteiger partial charge in [0.25, 0.3) is 5.91 Å². The van der Waals surface area contributed by atoms with Crippen LogP contribution in [0, 0.1) is 0 Å². The lowest BCUT2D eigenvalue weighted by Crippen LogP contribution is -2.45. The fraction of sp³-hybridized carbons (Fsp3) is 0.304. The smallest absolute Gasteiger partial charge is 0.255 e. The van der Waals surface area contributed by atoms with Gasteiger partial charge in [-0.05, 0) is 42.7 Å². The van der Waals surface area contributed by atoms with Crippen LogP contribution in [0.2, 0.25) is 0 Å². The summed E-state index contributed by atoms with van der Waals surface area (Å²) in [6.45, 7) is 4.16. The average molecular weight is 362 g/mol. The van der Waals surface area contributed by atoms with Crippen LogP contribution in [0.25, 0.3) is 0 Å². The van der Waals surface area contributed by atoms with Crippen molar-refractivity contribution in [1.29, 1.82) is 0 Å². The summed E-state index contributed by atoms with van der Waals surface area (Å²) < 4.78 is 0. The maximum atomic E-state index is 12.9. The van der Waals surface area contributed by atoms with E-state index in [2.05, 4.69) is 17.2 Å². The molecule has 2 aromatic carbocycles. The van der Waals surface area contributed by atoms with E-state index in [-0.39, 0.29) is 11.8 Å². The van der Waals surface area contributed by atoms with Gasteiger partial charge in [0, 0.05) is 17.8 Å². The SMILES string of the molecule is C=CCNC(=O)C1(c2ccc(NC(=O)c3ccccc3)cc2)CCCCC1. The lowest BCUT2D eigenvalue weighted by molar-refractivity contribution is -0.127. The Balaban J connectivity index is 1.78. The molecule has 0 atom stereocenters. The molecule has 0 radical (unpaired) electrons. The zero-order valence-corrected chi connectivity index (χ0v) is 15.5. The third-order valence-electron chi connectivity index (χ3n) is 5.28. The standard InChI is InChI=1S/C23H26N2O2/c1-2-17-24-22(27)23(15-7-4-8-16-23)19-11-13-20(14-12-19)25-21(26)18-9-5-3-6-10-18/h2-3,5-6,9-14H,1,4,7-8,15-17H2,(H,24,27)(H,25,26). The second kappa shape index (κ2) is 8.67. The van der Waals surface area contributed by atoms with E-state index in [4.69, 9.17) is 0 Å². The zero-order chi connectivity index (χ0) is 19.1. The topological polar surface area (TPSA) is 58.2 Å². The first-order chi connectivity index (χ1) is 13.2. The Morgan fingerprint density at radius 1 is 0.963 bits per heavy atom. The van der Waals surface area contributed by atoms with E-state index in [0.29, 0.717) is 12.1 Å². The molecule has 2 N–H and O–H groups in total. The van der Waals surface area contributed by atoms with Crippen LogP contribution in [0.1, 0.15) is 48.0 Å². The Kier molecular flexibility index (Phi) is 6.07. The third kappa shape index (κ3) is 4.27. The van der Waals surface area contributed by atoms with E-state index < -0.39 is 5.41 Å². The van der Waals surface area contributed by atoms with Crippen LogP contribution in [-0.4, -0.2) is 18.4 Å². The summed E-state index contributed by atoms with van der Waals surface area (Å²) >= 11 is 0. The highest BCUT2D eigenvalue weighted by Crippen LogP contribution is 2.40. The number of hydrogen-bond donors (Lipinski definition) is 2. The first kappa shape index (κ1) is 18.9. The van der Waals surface area contributed by atoms with Gasteiger partial charge in [0.05, 0.1) is 5.41 Å². The van der Waals surface area contributed by atoms with Crippen LogP contribution < -0.4 is 10.6 Å². The summed E-state index contributed by atoms with van der Waals surface area (Å²) in [7, 11) is 0. The molecule has 0 bridgehead atoms. The van der Waals surface area contributed by atoms with Crippen LogP contribution in [0.5, 0.6) is 0 Å². The van der Waals surface area contributed by atoms with Crippen molar-refractivity contribution in [2.45, 2.75) is 37.5 Å². The number of anilines is 1. The van der Waals surface area contributed by atoms with Gasteiger partial charge in [-0.3, -0.25) is 9.59 Å². The van der Waals surface area contributed by atoms with E-state index in [1.54, 1.807) is 18.2 Å². The zero-order valence-electron chi connectivity index (χ0n) is 15.5. The first-order valence-electron chi connectivity index (χ1n) is 9.52. The van der Waals surface area contributed by atoms with Gasteiger partial charge in [-0.15, -0.1) is 6.58 Å². The number of carbonyl (C=O) groups excluding carboxylic acids is 2. The van der Waals surface area contributed by atoms with Crippen molar-refractivity contribution in [1.82, 2.24) is 5.32 Å². The fourth-order valence-corrected chi connectivity index (χ4v) is 3.80. The molecular formula is C23H26N2O2. The Hall–Kier alpha value is -2.88. The predicted molar refractivity (Wildman–Crippen MR) is 109 cm³/mol. The summed E-state index contributed by atoms with van der Waals surface area (Å²) in [6.07, 6.45) is 6.68. The van der Waals surface area contributed by atoms with Gasteiger partial charge in [0.1, 0.15) is 0 Å². The fourth-order valence-electron chi connectivity index (χ4n) is 3.80. The molecule has 3 rings (SSSR count). The second-order valence-electron chi connectivity index (χ2n) is 7.04. The molecule has 0 spiro atoms. The Bertz CT molecular complexity index is 791. The number of rotatable bonds is 6. The second-order valence-corrected chi connectivity index (χ2v) is 7.04. The summed E-state index contributed by atoms with van der Waals surface area (Å²) in [5, 5.41) is 5.89. The highest BCUT2D eigenvalue weighted by atomic mass is 16.2. The molecule has 2 amide bonds. The third-order valence-corrected chi connectivity index (χ3v) is 5.28. The summed E-state index contributed by atoms with van der Waals surface area (Å²) in [5.41, 5.74) is 1.88. The molecule has 4 heteroatoms. The Labute approximate surface area is 160 Å². The lowest BCUT2D eigenvalue weighted by Gasteiger charge is -2.36. The van der Waals surface area contributed by atoms with Crippen molar-refractivity contribution in [2.75, 3.05) is 11.9 Å². The number of benzene rings is 2. The maximum Gasteiger partial charge on any atom is 0.255 e. The molecule has 0 heterocycles. The summed E-state index contributed by atoms with van der Waals surface area (Å²) in [6, 6.07) is 16.8. The summed E-state index contributed by atoms with van der Waals surface area (Å²) in [4.78, 5) is 25.2. The minimum Gasteiger partial charge on any atom is -0.352 e. The highest BCUT2D eigenvalue weighted by Gasteiger charge is 2.40.